The van der Waals surface area contributed by atoms with Crippen LogP contribution in [-0.4, -0.2) is 17.3 Å². The minimum atomic E-state index is -0.682. The topological polar surface area (TPSA) is 29.1 Å². The van der Waals surface area contributed by atoms with Gasteiger partial charge in [-0.25, -0.2) is 4.39 Å². The van der Waals surface area contributed by atoms with Crippen molar-refractivity contribution in [2.24, 2.45) is 0 Å². The molecular weight excluding hydrogens is 284 g/mol. The summed E-state index contributed by atoms with van der Waals surface area (Å²) in [6.07, 6.45) is 0. The largest absolute Gasteiger partial charge is 0.349 e. The van der Waals surface area contributed by atoms with Gasteiger partial charge in [0.1, 0.15) is 0 Å². The van der Waals surface area contributed by atoms with Gasteiger partial charge in [0.25, 0.3) is 5.91 Å². The maximum atomic E-state index is 13.4. The van der Waals surface area contributed by atoms with E-state index in [-0.39, 0.29) is 16.6 Å². The van der Waals surface area contributed by atoms with Crippen LogP contribution in [0.25, 0.3) is 0 Å². The smallest absolute Gasteiger partial charge is 0.254 e. The van der Waals surface area contributed by atoms with E-state index in [4.69, 9.17) is 11.6 Å². The zero-order valence-electron chi connectivity index (χ0n) is 8.06. The Hall–Kier alpha value is -0.610. The van der Waals surface area contributed by atoms with E-state index < -0.39 is 11.7 Å². The Kier molecular flexibility index (Phi) is 4.54. The van der Waals surface area contributed by atoms with Crippen molar-refractivity contribution < 1.29 is 9.18 Å². The molecular formula is C10H10BrClFNO. The molecule has 1 aromatic carbocycles. The minimum absolute atomic E-state index is 0.0321. The lowest BCUT2D eigenvalue weighted by Crippen LogP contribution is -2.34. The fraction of sp³-hybridized carbons (Fsp3) is 0.300. The minimum Gasteiger partial charge on any atom is -0.349 e. The Labute approximate surface area is 101 Å². The highest BCUT2D eigenvalue weighted by atomic mass is 79.9. The monoisotopic (exact) mass is 293 g/mol. The van der Waals surface area contributed by atoms with E-state index in [1.165, 1.54) is 12.1 Å². The third-order valence-electron chi connectivity index (χ3n) is 1.81. The van der Waals surface area contributed by atoms with Crippen molar-refractivity contribution >= 4 is 33.4 Å². The summed E-state index contributed by atoms with van der Waals surface area (Å²) < 4.78 is 13.4. The van der Waals surface area contributed by atoms with Gasteiger partial charge >= 0.3 is 0 Å². The highest BCUT2D eigenvalue weighted by Crippen LogP contribution is 2.17. The molecule has 1 aromatic rings. The Morgan fingerprint density at radius 1 is 1.67 bits per heavy atom. The highest BCUT2D eigenvalue weighted by Gasteiger charge is 2.15. The number of halogens is 3. The van der Waals surface area contributed by atoms with Crippen molar-refractivity contribution in [3.8, 4) is 0 Å². The molecule has 0 bridgehead atoms. The first-order chi connectivity index (χ1) is 7.06. The third-order valence-corrected chi connectivity index (χ3v) is 3.07. The Morgan fingerprint density at radius 3 is 2.93 bits per heavy atom. The number of benzene rings is 1. The molecule has 0 saturated carbocycles. The molecule has 1 amide bonds. The van der Waals surface area contributed by atoms with Crippen LogP contribution >= 0.6 is 27.5 Å². The maximum absolute atomic E-state index is 13.4. The first kappa shape index (κ1) is 12.5. The standard InChI is InChI=1S/C10H10BrClFNO/c1-6(5-11)14-10(15)7-3-2-4-8(12)9(7)13/h2-4,6H,5H2,1H3,(H,14,15). The number of carbonyl (C=O) groups is 1. The Morgan fingerprint density at radius 2 is 2.33 bits per heavy atom. The fourth-order valence-electron chi connectivity index (χ4n) is 1.02. The predicted octanol–water partition coefficient (Wildman–Crippen LogP) is 2.99. The molecule has 2 nitrogen and oxygen atoms in total. The van der Waals surface area contributed by atoms with Crippen molar-refractivity contribution in [1.29, 1.82) is 0 Å². The zero-order valence-corrected chi connectivity index (χ0v) is 10.4. The SMILES string of the molecule is CC(CBr)NC(=O)c1cccc(Cl)c1F. The number of hydrogen-bond acceptors (Lipinski definition) is 1. The molecule has 0 saturated heterocycles. The van der Waals surface area contributed by atoms with Crippen LogP contribution in [-0.2, 0) is 0 Å². The number of alkyl halides is 1. The number of carbonyl (C=O) groups excluding carboxylic acids is 1. The van der Waals surface area contributed by atoms with Crippen LogP contribution in [0.5, 0.6) is 0 Å². The first-order valence-electron chi connectivity index (χ1n) is 4.37. The average Bonchev–Trinajstić information content (AvgIpc) is 2.21. The van der Waals surface area contributed by atoms with Gasteiger partial charge in [0, 0.05) is 11.4 Å². The van der Waals surface area contributed by atoms with Gasteiger partial charge in [-0.15, -0.1) is 0 Å². The van der Waals surface area contributed by atoms with E-state index in [9.17, 15) is 9.18 Å². The molecule has 0 fully saturated rings. The second-order valence-corrected chi connectivity index (χ2v) is 4.18. The zero-order chi connectivity index (χ0) is 11.4. The Balaban J connectivity index is 2.87. The summed E-state index contributed by atoms with van der Waals surface area (Å²) in [5.74, 6) is -1.14. The van der Waals surface area contributed by atoms with E-state index >= 15 is 0 Å². The summed E-state index contributed by atoms with van der Waals surface area (Å²) in [4.78, 5) is 11.6. The highest BCUT2D eigenvalue weighted by molar-refractivity contribution is 9.09. The average molecular weight is 295 g/mol. The summed E-state index contributed by atoms with van der Waals surface area (Å²) in [7, 11) is 0. The molecule has 0 heterocycles. The molecule has 1 atom stereocenters. The quantitative estimate of drug-likeness (QED) is 0.853. The van der Waals surface area contributed by atoms with Crippen LogP contribution in [0, 0.1) is 5.82 Å². The summed E-state index contributed by atoms with van der Waals surface area (Å²) in [5.41, 5.74) is -0.0321. The van der Waals surface area contributed by atoms with E-state index in [1.807, 2.05) is 6.92 Å². The number of nitrogens with one attached hydrogen (secondary N) is 1. The van der Waals surface area contributed by atoms with Crippen LogP contribution in [0.2, 0.25) is 5.02 Å². The van der Waals surface area contributed by atoms with Gasteiger partial charge in [-0.05, 0) is 19.1 Å². The molecule has 0 radical (unpaired) electrons. The lowest BCUT2D eigenvalue weighted by Gasteiger charge is -2.11. The van der Waals surface area contributed by atoms with Crippen molar-refractivity contribution in [3.63, 3.8) is 0 Å². The second kappa shape index (κ2) is 5.47. The van der Waals surface area contributed by atoms with Crippen molar-refractivity contribution in [1.82, 2.24) is 5.32 Å². The van der Waals surface area contributed by atoms with Crippen molar-refractivity contribution in [2.45, 2.75) is 13.0 Å². The molecule has 1 N–H and O–H groups in total. The van der Waals surface area contributed by atoms with Gasteiger partial charge < -0.3 is 5.32 Å². The number of amides is 1. The lowest BCUT2D eigenvalue weighted by atomic mass is 10.2. The summed E-state index contributed by atoms with van der Waals surface area (Å²) in [6.45, 7) is 1.81. The molecule has 0 spiro atoms. The van der Waals surface area contributed by atoms with Crippen molar-refractivity contribution in [3.05, 3.63) is 34.6 Å². The van der Waals surface area contributed by atoms with Crippen LogP contribution in [0.15, 0.2) is 18.2 Å². The molecule has 1 rings (SSSR count). The van der Waals surface area contributed by atoms with Gasteiger partial charge in [-0.1, -0.05) is 33.6 Å². The fourth-order valence-corrected chi connectivity index (χ4v) is 1.36. The molecule has 0 aliphatic carbocycles. The third kappa shape index (κ3) is 3.18. The molecule has 0 aliphatic heterocycles. The Bertz CT molecular complexity index is 372. The predicted molar refractivity (Wildman–Crippen MR) is 62.1 cm³/mol. The van der Waals surface area contributed by atoms with Crippen LogP contribution < -0.4 is 5.32 Å². The molecule has 0 aliphatic rings. The normalized spacial score (nSPS) is 12.3. The van der Waals surface area contributed by atoms with E-state index in [0.29, 0.717) is 5.33 Å². The van der Waals surface area contributed by atoms with E-state index in [1.54, 1.807) is 6.07 Å². The van der Waals surface area contributed by atoms with Gasteiger partial charge in [0.2, 0.25) is 0 Å². The van der Waals surface area contributed by atoms with E-state index in [0.717, 1.165) is 0 Å². The maximum Gasteiger partial charge on any atom is 0.254 e. The van der Waals surface area contributed by atoms with Gasteiger partial charge in [-0.2, -0.15) is 0 Å². The van der Waals surface area contributed by atoms with Crippen molar-refractivity contribution in [2.75, 3.05) is 5.33 Å². The van der Waals surface area contributed by atoms with Gasteiger partial charge in [-0.3, -0.25) is 4.79 Å². The second-order valence-electron chi connectivity index (χ2n) is 3.13. The summed E-state index contributed by atoms with van der Waals surface area (Å²) >= 11 is 8.78. The van der Waals surface area contributed by atoms with Crippen LogP contribution in [0.4, 0.5) is 4.39 Å². The van der Waals surface area contributed by atoms with E-state index in [2.05, 4.69) is 21.2 Å². The molecule has 1 unspecified atom stereocenters. The first-order valence-corrected chi connectivity index (χ1v) is 5.87. The van der Waals surface area contributed by atoms with Crippen LogP contribution in [0.3, 0.4) is 0 Å². The summed E-state index contributed by atoms with van der Waals surface area (Å²) in [6, 6.07) is 4.29. The lowest BCUT2D eigenvalue weighted by molar-refractivity contribution is 0.0940. The molecule has 82 valence electrons. The molecule has 5 heteroatoms. The molecule has 15 heavy (non-hydrogen) atoms. The van der Waals surface area contributed by atoms with Gasteiger partial charge in [0.05, 0.1) is 10.6 Å². The van der Waals surface area contributed by atoms with Gasteiger partial charge in [0.15, 0.2) is 5.82 Å². The summed E-state index contributed by atoms with van der Waals surface area (Å²) in [5, 5.41) is 3.19. The molecule has 0 aromatic heterocycles. The number of rotatable bonds is 3. The van der Waals surface area contributed by atoms with Crippen LogP contribution in [0.1, 0.15) is 17.3 Å². The number of hydrogen-bond donors (Lipinski definition) is 1.